The molecule has 1 aliphatic heterocycles. The molecule has 6 N–H and O–H groups in total. The molecule has 0 radical (unpaired) electrons. The van der Waals surface area contributed by atoms with Gasteiger partial charge in [-0.05, 0) is 0 Å². The van der Waals surface area contributed by atoms with Crippen molar-refractivity contribution in [3.63, 3.8) is 0 Å². The number of carbonyl (C=O) groups is 2. The van der Waals surface area contributed by atoms with E-state index in [4.69, 9.17) is 15.1 Å². The molecule has 6 atom stereocenters. The maximum absolute atomic E-state index is 11.4. The van der Waals surface area contributed by atoms with Crippen LogP contribution in [-0.2, 0) is 19.1 Å². The Kier molecular flexibility index (Phi) is 6.25. The highest BCUT2D eigenvalue weighted by atomic mass is 16.7. The summed E-state index contributed by atoms with van der Waals surface area (Å²) >= 11 is 0. The van der Waals surface area contributed by atoms with Gasteiger partial charge in [0.2, 0.25) is 5.91 Å². The maximum Gasteiger partial charge on any atom is 0.378 e. The molecule has 130 valence electrons. The van der Waals surface area contributed by atoms with Gasteiger partial charge < -0.3 is 40.3 Å². The lowest BCUT2D eigenvalue weighted by molar-refractivity contribution is -0.293. The fraction of sp³-hybridized carbons (Fsp3) is 0.750. The van der Waals surface area contributed by atoms with Gasteiger partial charge in [0.1, 0.15) is 18.3 Å². The standard InChI is InChI=1S/C12H18N2O9/c1-5(16)14-8-6(17)2-12(11(20)21,22-4-13)23-10(8)9(19)7(18)3-15/h6-10,15,17-19H,2-3H2,1H3,(H,14,16)(H,20,21)/t6-,7+,8+,9+,10+,12-/m0/s1. The molecule has 0 aliphatic carbocycles. The van der Waals surface area contributed by atoms with E-state index in [0.29, 0.717) is 0 Å². The zero-order valence-electron chi connectivity index (χ0n) is 12.1. The number of amides is 1. The summed E-state index contributed by atoms with van der Waals surface area (Å²) in [6.07, 6.45) is -6.40. The summed E-state index contributed by atoms with van der Waals surface area (Å²) in [7, 11) is 0. The Morgan fingerprint density at radius 3 is 2.57 bits per heavy atom. The summed E-state index contributed by atoms with van der Waals surface area (Å²) in [5, 5.41) is 58.6. The van der Waals surface area contributed by atoms with E-state index in [1.165, 1.54) is 0 Å². The molecule has 1 aliphatic rings. The number of hydrogen-bond acceptors (Lipinski definition) is 9. The van der Waals surface area contributed by atoms with Gasteiger partial charge >= 0.3 is 11.8 Å². The Hall–Kier alpha value is -1.97. The highest BCUT2D eigenvalue weighted by Gasteiger charge is 2.56. The van der Waals surface area contributed by atoms with Crippen LogP contribution in [0.3, 0.4) is 0 Å². The molecule has 23 heavy (non-hydrogen) atoms. The number of rotatable bonds is 6. The fourth-order valence-electron chi connectivity index (χ4n) is 2.31. The quantitative estimate of drug-likeness (QED) is 0.267. The van der Waals surface area contributed by atoms with Gasteiger partial charge in [0.25, 0.3) is 6.26 Å². The summed E-state index contributed by atoms with van der Waals surface area (Å²) in [5.41, 5.74) is 0. The summed E-state index contributed by atoms with van der Waals surface area (Å²) in [6, 6.07) is -1.29. The molecule has 1 amide bonds. The van der Waals surface area contributed by atoms with Crippen LogP contribution in [0.1, 0.15) is 13.3 Å². The largest absolute Gasteiger partial charge is 0.476 e. The van der Waals surface area contributed by atoms with Crippen molar-refractivity contribution < 1.29 is 44.6 Å². The van der Waals surface area contributed by atoms with Crippen LogP contribution in [0.25, 0.3) is 0 Å². The Labute approximate surface area is 130 Å². The molecule has 1 fully saturated rings. The molecule has 0 saturated carbocycles. The first-order valence-corrected chi connectivity index (χ1v) is 6.59. The normalized spacial score (nSPS) is 33.1. The minimum absolute atomic E-state index is 0.614. The molecule has 1 saturated heterocycles. The molecular weight excluding hydrogens is 316 g/mol. The van der Waals surface area contributed by atoms with Gasteiger partial charge in [0.05, 0.1) is 25.2 Å². The van der Waals surface area contributed by atoms with Crippen molar-refractivity contribution in [3.05, 3.63) is 0 Å². The lowest BCUT2D eigenvalue weighted by Crippen LogP contribution is -2.67. The average Bonchev–Trinajstić information content (AvgIpc) is 2.47. The molecule has 0 bridgehead atoms. The monoisotopic (exact) mass is 334 g/mol. The SMILES string of the molecule is CC(=O)N[C@H]1[C@H]([C@H](O)[C@H](O)CO)O[C@](OC#N)(C(=O)O)C[C@@H]1O. The lowest BCUT2D eigenvalue weighted by atomic mass is 9.88. The zero-order chi connectivity index (χ0) is 17.8. The van der Waals surface area contributed by atoms with Crippen LogP contribution >= 0.6 is 0 Å². The van der Waals surface area contributed by atoms with E-state index in [2.05, 4.69) is 10.1 Å². The van der Waals surface area contributed by atoms with Crippen LogP contribution in [0, 0.1) is 11.5 Å². The van der Waals surface area contributed by atoms with E-state index in [1.54, 1.807) is 0 Å². The first-order chi connectivity index (χ1) is 10.7. The summed E-state index contributed by atoms with van der Waals surface area (Å²) in [4.78, 5) is 22.6. The first kappa shape index (κ1) is 19.1. The van der Waals surface area contributed by atoms with Crippen molar-refractivity contribution in [2.75, 3.05) is 6.61 Å². The predicted molar refractivity (Wildman–Crippen MR) is 69.3 cm³/mol. The van der Waals surface area contributed by atoms with E-state index in [-0.39, 0.29) is 0 Å². The summed E-state index contributed by atoms with van der Waals surface area (Å²) in [6.45, 7) is 0.229. The van der Waals surface area contributed by atoms with Gasteiger partial charge in [-0.15, -0.1) is 0 Å². The average molecular weight is 334 g/mol. The molecule has 1 heterocycles. The van der Waals surface area contributed by atoms with Gasteiger partial charge in [-0.25, -0.2) is 4.79 Å². The lowest BCUT2D eigenvalue weighted by Gasteiger charge is -2.45. The van der Waals surface area contributed by atoms with Gasteiger partial charge in [-0.1, -0.05) is 0 Å². The van der Waals surface area contributed by atoms with E-state index < -0.39 is 61.1 Å². The van der Waals surface area contributed by atoms with Crippen molar-refractivity contribution in [2.24, 2.45) is 0 Å². The fourth-order valence-corrected chi connectivity index (χ4v) is 2.31. The minimum atomic E-state index is -2.59. The summed E-state index contributed by atoms with van der Waals surface area (Å²) in [5.74, 6) is -4.95. The molecule has 0 aromatic heterocycles. The molecule has 1 rings (SSSR count). The van der Waals surface area contributed by atoms with Gasteiger partial charge in [-0.3, -0.25) is 4.79 Å². The van der Waals surface area contributed by atoms with E-state index in [0.717, 1.165) is 13.2 Å². The van der Waals surface area contributed by atoms with Gasteiger partial charge in [0.15, 0.2) is 0 Å². The summed E-state index contributed by atoms with van der Waals surface area (Å²) < 4.78 is 9.51. The molecule has 0 spiro atoms. The van der Waals surface area contributed by atoms with Crippen molar-refractivity contribution in [2.45, 2.75) is 49.6 Å². The number of hydrogen-bond donors (Lipinski definition) is 6. The minimum Gasteiger partial charge on any atom is -0.476 e. The van der Waals surface area contributed by atoms with Gasteiger partial charge in [-0.2, -0.15) is 5.26 Å². The topological polar surface area (TPSA) is 190 Å². The number of aliphatic hydroxyl groups is 4. The predicted octanol–water partition coefficient (Wildman–Crippen LogP) is -3.37. The number of ether oxygens (including phenoxy) is 2. The second-order valence-electron chi connectivity index (χ2n) is 5.07. The Morgan fingerprint density at radius 2 is 2.13 bits per heavy atom. The highest BCUT2D eigenvalue weighted by Crippen LogP contribution is 2.33. The Morgan fingerprint density at radius 1 is 1.52 bits per heavy atom. The number of nitrogens with zero attached hydrogens (tertiary/aromatic N) is 1. The van der Waals surface area contributed by atoms with Crippen LogP contribution in [0.2, 0.25) is 0 Å². The van der Waals surface area contributed by atoms with Crippen LogP contribution < -0.4 is 5.32 Å². The van der Waals surface area contributed by atoms with E-state index in [9.17, 15) is 30.0 Å². The molecule has 0 unspecified atom stereocenters. The molecular formula is C12H18N2O9. The molecule has 11 heteroatoms. The third kappa shape index (κ3) is 4.06. The molecule has 0 aromatic carbocycles. The number of nitrogens with one attached hydrogen (secondary N) is 1. The van der Waals surface area contributed by atoms with Crippen molar-refractivity contribution >= 4 is 11.9 Å². The van der Waals surface area contributed by atoms with E-state index in [1.807, 2.05) is 0 Å². The van der Waals surface area contributed by atoms with Crippen LogP contribution in [0.15, 0.2) is 0 Å². The number of aliphatic hydroxyl groups excluding tert-OH is 4. The van der Waals surface area contributed by atoms with Crippen LogP contribution in [0.4, 0.5) is 0 Å². The van der Waals surface area contributed by atoms with Crippen molar-refractivity contribution in [1.29, 1.82) is 5.26 Å². The van der Waals surface area contributed by atoms with E-state index >= 15 is 0 Å². The third-order valence-electron chi connectivity index (χ3n) is 3.40. The van der Waals surface area contributed by atoms with Crippen LogP contribution in [-0.4, -0.2) is 80.3 Å². The molecule has 11 nitrogen and oxygen atoms in total. The Bertz CT molecular complexity index is 493. The third-order valence-corrected chi connectivity index (χ3v) is 3.40. The highest BCUT2D eigenvalue weighted by molar-refractivity contribution is 5.76. The number of carboxylic acid groups (broad SMARTS) is 1. The zero-order valence-corrected chi connectivity index (χ0v) is 12.1. The van der Waals surface area contributed by atoms with Crippen molar-refractivity contribution in [3.8, 4) is 6.26 Å². The number of aliphatic carboxylic acids is 1. The maximum atomic E-state index is 11.4. The second-order valence-corrected chi connectivity index (χ2v) is 5.07. The van der Waals surface area contributed by atoms with Gasteiger partial charge in [0, 0.05) is 6.92 Å². The second kappa shape index (κ2) is 7.53. The van der Waals surface area contributed by atoms with Crippen LogP contribution in [0.5, 0.6) is 0 Å². The number of carbonyl (C=O) groups excluding carboxylic acids is 1. The van der Waals surface area contributed by atoms with Crippen molar-refractivity contribution in [1.82, 2.24) is 5.32 Å². The first-order valence-electron chi connectivity index (χ1n) is 6.59. The molecule has 0 aromatic rings. The number of carboxylic acids is 1. The smallest absolute Gasteiger partial charge is 0.378 e. The Balaban J connectivity index is 3.20. The number of nitriles is 1.